The van der Waals surface area contributed by atoms with E-state index < -0.39 is 23.1 Å². The van der Waals surface area contributed by atoms with Crippen molar-refractivity contribution in [3.63, 3.8) is 0 Å². The second kappa shape index (κ2) is 7.45. The number of ether oxygens (including phenoxy) is 1. The average Bonchev–Trinajstić information content (AvgIpc) is 3.12. The average molecular weight is 368 g/mol. The third-order valence-corrected chi connectivity index (χ3v) is 6.02. The van der Waals surface area contributed by atoms with Gasteiger partial charge in [-0.2, -0.15) is 4.31 Å². The van der Waals surface area contributed by atoms with Crippen molar-refractivity contribution in [3.8, 4) is 5.75 Å². The first kappa shape index (κ1) is 17.8. The third-order valence-electron chi connectivity index (χ3n) is 4.10. The number of aromatic nitrogens is 1. The summed E-state index contributed by atoms with van der Waals surface area (Å²) in [5, 5.41) is 0. The molecule has 0 radical (unpaired) electrons. The molecule has 1 atom stereocenters. The topological polar surface area (TPSA) is 59.5 Å². The molecule has 3 rings (SSSR count). The molecule has 2 heterocycles. The van der Waals surface area contributed by atoms with E-state index in [1.165, 1.54) is 28.6 Å². The fourth-order valence-electron chi connectivity index (χ4n) is 2.95. The van der Waals surface area contributed by atoms with Gasteiger partial charge in [0.2, 0.25) is 10.0 Å². The number of alkyl halides is 2. The zero-order valence-electron chi connectivity index (χ0n) is 13.4. The van der Waals surface area contributed by atoms with Crippen molar-refractivity contribution in [1.29, 1.82) is 0 Å². The Bertz CT molecular complexity index is 798. The van der Waals surface area contributed by atoms with Crippen molar-refractivity contribution in [2.24, 2.45) is 0 Å². The largest absolute Gasteiger partial charge is 0.488 e. The molecule has 1 aromatic heterocycles. The zero-order chi connectivity index (χ0) is 17.9. The normalized spacial score (nSPS) is 18.6. The van der Waals surface area contributed by atoms with E-state index in [9.17, 15) is 17.2 Å². The first-order valence-electron chi connectivity index (χ1n) is 7.91. The van der Waals surface area contributed by atoms with Crippen LogP contribution < -0.4 is 4.74 Å². The fraction of sp³-hybridized carbons (Fsp3) is 0.353. The van der Waals surface area contributed by atoms with Crippen molar-refractivity contribution < 1.29 is 21.9 Å². The van der Waals surface area contributed by atoms with Gasteiger partial charge in [-0.3, -0.25) is 4.98 Å². The van der Waals surface area contributed by atoms with Crippen molar-refractivity contribution >= 4 is 10.0 Å². The van der Waals surface area contributed by atoms with Crippen LogP contribution in [-0.4, -0.2) is 37.3 Å². The highest BCUT2D eigenvalue weighted by Crippen LogP contribution is 2.36. The Morgan fingerprint density at radius 3 is 2.48 bits per heavy atom. The van der Waals surface area contributed by atoms with E-state index in [1.54, 1.807) is 12.4 Å². The van der Waals surface area contributed by atoms with Crippen LogP contribution in [0.1, 0.15) is 24.4 Å². The monoisotopic (exact) mass is 368 g/mol. The lowest BCUT2D eigenvalue weighted by molar-refractivity contribution is 0.0819. The van der Waals surface area contributed by atoms with Crippen molar-refractivity contribution in [1.82, 2.24) is 9.29 Å². The van der Waals surface area contributed by atoms with E-state index in [2.05, 4.69) is 4.98 Å². The van der Waals surface area contributed by atoms with E-state index >= 15 is 0 Å². The maximum atomic E-state index is 12.9. The Balaban J connectivity index is 1.81. The highest BCUT2D eigenvalue weighted by molar-refractivity contribution is 7.89. The highest BCUT2D eigenvalue weighted by atomic mass is 32.2. The van der Waals surface area contributed by atoms with Crippen LogP contribution in [0.2, 0.25) is 0 Å². The molecule has 5 nitrogen and oxygen atoms in total. The van der Waals surface area contributed by atoms with Gasteiger partial charge in [0.15, 0.2) is 0 Å². The van der Waals surface area contributed by atoms with E-state index in [0.29, 0.717) is 6.54 Å². The molecule has 8 heteroatoms. The van der Waals surface area contributed by atoms with Crippen molar-refractivity contribution in [3.05, 3.63) is 54.4 Å². The summed E-state index contributed by atoms with van der Waals surface area (Å²) in [6.45, 7) is -0.276. The van der Waals surface area contributed by atoms with E-state index in [-0.39, 0.29) is 16.7 Å². The number of sulfonamides is 1. The summed E-state index contributed by atoms with van der Waals surface area (Å²) < 4.78 is 56.6. The summed E-state index contributed by atoms with van der Waals surface area (Å²) in [6, 6.07) is 8.98. The molecular formula is C17H18F2N2O3S. The lowest BCUT2D eigenvalue weighted by Gasteiger charge is -2.24. The van der Waals surface area contributed by atoms with Crippen LogP contribution in [0, 0.1) is 0 Å². The quantitative estimate of drug-likeness (QED) is 0.785. The van der Waals surface area contributed by atoms with Gasteiger partial charge >= 0.3 is 0 Å². The van der Waals surface area contributed by atoms with Crippen LogP contribution in [-0.2, 0) is 10.0 Å². The molecule has 1 aromatic carbocycles. The van der Waals surface area contributed by atoms with Crippen molar-refractivity contribution in [2.45, 2.75) is 30.2 Å². The molecule has 0 aliphatic carbocycles. The Morgan fingerprint density at radius 2 is 1.84 bits per heavy atom. The molecule has 0 N–H and O–H groups in total. The first-order valence-corrected chi connectivity index (χ1v) is 9.35. The third kappa shape index (κ3) is 3.96. The standard InChI is InChI=1S/C17H18F2N2O3S/c18-17(19)12-24-14-3-5-15(6-4-14)25(22,23)21-11-1-2-16(21)13-7-9-20-10-8-13/h3-10,16-17H,1-2,11-12H2. The van der Waals surface area contributed by atoms with Crippen LogP contribution in [0.25, 0.3) is 0 Å². The summed E-state index contributed by atoms with van der Waals surface area (Å²) in [5.41, 5.74) is 0.910. The number of halogens is 2. The Morgan fingerprint density at radius 1 is 1.16 bits per heavy atom. The molecular weight excluding hydrogens is 350 g/mol. The second-order valence-electron chi connectivity index (χ2n) is 5.73. The van der Waals surface area contributed by atoms with E-state index in [1.807, 2.05) is 12.1 Å². The number of hydrogen-bond donors (Lipinski definition) is 0. The van der Waals surface area contributed by atoms with Gasteiger partial charge in [-0.05, 0) is 54.8 Å². The van der Waals surface area contributed by atoms with Gasteiger partial charge in [0.05, 0.1) is 10.9 Å². The van der Waals surface area contributed by atoms with Gasteiger partial charge in [-0.15, -0.1) is 0 Å². The van der Waals surface area contributed by atoms with Gasteiger partial charge in [-0.25, -0.2) is 17.2 Å². The summed E-state index contributed by atoms with van der Waals surface area (Å²) in [6.07, 6.45) is 2.25. The smallest absolute Gasteiger partial charge is 0.272 e. The highest BCUT2D eigenvalue weighted by Gasteiger charge is 2.36. The number of hydrogen-bond acceptors (Lipinski definition) is 4. The molecule has 0 amide bonds. The number of nitrogens with zero attached hydrogens (tertiary/aromatic N) is 2. The van der Waals surface area contributed by atoms with E-state index in [0.717, 1.165) is 18.4 Å². The van der Waals surface area contributed by atoms with Gasteiger partial charge < -0.3 is 4.74 Å². The molecule has 1 aliphatic rings. The molecule has 0 bridgehead atoms. The first-order chi connectivity index (χ1) is 12.0. The Labute approximate surface area is 145 Å². The van der Waals surface area contributed by atoms with Gasteiger partial charge in [0.1, 0.15) is 12.4 Å². The SMILES string of the molecule is O=S(=O)(c1ccc(OCC(F)F)cc1)N1CCCC1c1ccncc1. The molecule has 1 fully saturated rings. The molecule has 25 heavy (non-hydrogen) atoms. The lowest BCUT2D eigenvalue weighted by atomic mass is 10.1. The molecule has 0 saturated carbocycles. The maximum absolute atomic E-state index is 12.9. The van der Waals surface area contributed by atoms with Gasteiger partial charge in [0.25, 0.3) is 6.43 Å². The number of pyridine rings is 1. The molecule has 1 aliphatic heterocycles. The lowest BCUT2D eigenvalue weighted by Crippen LogP contribution is -2.30. The summed E-state index contributed by atoms with van der Waals surface area (Å²) >= 11 is 0. The van der Waals surface area contributed by atoms with Crippen LogP contribution in [0.4, 0.5) is 8.78 Å². The minimum atomic E-state index is -3.67. The van der Waals surface area contributed by atoms with Crippen molar-refractivity contribution in [2.75, 3.05) is 13.2 Å². The predicted octanol–water partition coefficient (Wildman–Crippen LogP) is 3.25. The second-order valence-corrected chi connectivity index (χ2v) is 7.62. The molecule has 1 unspecified atom stereocenters. The molecule has 2 aromatic rings. The Kier molecular flexibility index (Phi) is 5.29. The van der Waals surface area contributed by atoms with Crippen LogP contribution in [0.15, 0.2) is 53.7 Å². The van der Waals surface area contributed by atoms with Crippen LogP contribution in [0.3, 0.4) is 0 Å². The van der Waals surface area contributed by atoms with Crippen LogP contribution in [0.5, 0.6) is 5.75 Å². The number of benzene rings is 1. The molecule has 1 saturated heterocycles. The Hall–Kier alpha value is -2.06. The summed E-state index contributed by atoms with van der Waals surface area (Å²) in [5.74, 6) is 0.214. The van der Waals surface area contributed by atoms with Gasteiger partial charge in [-0.1, -0.05) is 0 Å². The summed E-state index contributed by atoms with van der Waals surface area (Å²) in [7, 11) is -3.67. The minimum absolute atomic E-state index is 0.123. The fourth-order valence-corrected chi connectivity index (χ4v) is 4.63. The van der Waals surface area contributed by atoms with Crippen LogP contribution >= 0.6 is 0 Å². The van der Waals surface area contributed by atoms with E-state index in [4.69, 9.17) is 4.74 Å². The van der Waals surface area contributed by atoms with Gasteiger partial charge in [0, 0.05) is 18.9 Å². The molecule has 0 spiro atoms. The predicted molar refractivity (Wildman–Crippen MR) is 88.0 cm³/mol. The summed E-state index contributed by atoms with van der Waals surface area (Å²) in [4.78, 5) is 4.09. The minimum Gasteiger partial charge on any atom is -0.488 e. The number of rotatable bonds is 6. The zero-order valence-corrected chi connectivity index (χ0v) is 14.2. The maximum Gasteiger partial charge on any atom is 0.272 e. The molecule has 134 valence electrons.